The highest BCUT2D eigenvalue weighted by molar-refractivity contribution is 14.0. The standard InChI is InChI=1S/C18H26ClFN4O3.HI/c1-18(2,3)27-17(26)24-8-6-23(7-9-24)16(21)22-11-15(25)12-4-5-13(19)14(20)10-12;/h4-5,10,15,25H,6-9,11H2,1-3H3,(H2,21,22);1H. The van der Waals surface area contributed by atoms with Crippen LogP contribution in [0.1, 0.15) is 32.4 Å². The molecule has 0 aromatic heterocycles. The second kappa shape index (κ2) is 10.4. The van der Waals surface area contributed by atoms with Crippen molar-refractivity contribution < 1.29 is 19.0 Å². The summed E-state index contributed by atoms with van der Waals surface area (Å²) >= 11 is 5.64. The first-order chi connectivity index (χ1) is 12.6. The number of rotatable bonds is 3. The number of guanidine groups is 1. The van der Waals surface area contributed by atoms with Crippen molar-refractivity contribution >= 4 is 47.6 Å². The lowest BCUT2D eigenvalue weighted by Gasteiger charge is -2.36. The van der Waals surface area contributed by atoms with E-state index in [1.54, 1.807) is 11.0 Å². The molecule has 1 unspecified atom stereocenters. The highest BCUT2D eigenvalue weighted by Gasteiger charge is 2.26. The molecule has 7 nitrogen and oxygen atoms in total. The number of aliphatic hydroxyl groups excluding tert-OH is 1. The zero-order chi connectivity index (χ0) is 20.2. The number of amides is 1. The fourth-order valence-corrected chi connectivity index (χ4v) is 2.67. The molecule has 10 heteroatoms. The topological polar surface area (TPSA) is 91.4 Å². The quantitative estimate of drug-likeness (QED) is 0.358. The van der Waals surface area contributed by atoms with Crippen LogP contribution >= 0.6 is 35.6 Å². The molecule has 1 amide bonds. The largest absolute Gasteiger partial charge is 0.444 e. The van der Waals surface area contributed by atoms with Crippen LogP contribution in [0.4, 0.5) is 9.18 Å². The number of halogens is 3. The van der Waals surface area contributed by atoms with Gasteiger partial charge in [0.2, 0.25) is 0 Å². The van der Waals surface area contributed by atoms with Gasteiger partial charge < -0.3 is 25.4 Å². The number of nitrogens with zero attached hydrogens (tertiary/aromatic N) is 3. The van der Waals surface area contributed by atoms with Gasteiger partial charge in [0.05, 0.1) is 17.7 Å². The van der Waals surface area contributed by atoms with Gasteiger partial charge in [0.15, 0.2) is 5.96 Å². The van der Waals surface area contributed by atoms with E-state index in [1.165, 1.54) is 12.1 Å². The van der Waals surface area contributed by atoms with Crippen molar-refractivity contribution in [2.24, 2.45) is 10.7 Å². The minimum Gasteiger partial charge on any atom is -0.444 e. The zero-order valence-electron chi connectivity index (χ0n) is 16.2. The summed E-state index contributed by atoms with van der Waals surface area (Å²) in [4.78, 5) is 19.7. The first kappa shape index (κ1) is 24.7. The van der Waals surface area contributed by atoms with Gasteiger partial charge in [-0.1, -0.05) is 17.7 Å². The molecule has 1 saturated heterocycles. The third-order valence-electron chi connectivity index (χ3n) is 4.01. The molecule has 1 heterocycles. The molecule has 1 aliphatic rings. The van der Waals surface area contributed by atoms with Crippen molar-refractivity contribution in [1.29, 1.82) is 0 Å². The van der Waals surface area contributed by atoms with Crippen LogP contribution in [0.15, 0.2) is 23.2 Å². The third-order valence-corrected chi connectivity index (χ3v) is 4.32. The highest BCUT2D eigenvalue weighted by Crippen LogP contribution is 2.20. The lowest BCUT2D eigenvalue weighted by atomic mass is 10.1. The van der Waals surface area contributed by atoms with Crippen LogP contribution in [0.2, 0.25) is 5.02 Å². The summed E-state index contributed by atoms with van der Waals surface area (Å²) in [6, 6.07) is 4.11. The Morgan fingerprint density at radius 3 is 2.43 bits per heavy atom. The summed E-state index contributed by atoms with van der Waals surface area (Å²) in [5.41, 5.74) is 5.83. The molecule has 2 rings (SSSR count). The SMILES string of the molecule is CC(C)(C)OC(=O)N1CCN(C(N)=NCC(O)c2ccc(Cl)c(F)c2)CC1.I. The average Bonchev–Trinajstić information content (AvgIpc) is 2.60. The van der Waals surface area contributed by atoms with E-state index < -0.39 is 17.5 Å². The molecular weight excluding hydrogens is 502 g/mol. The van der Waals surface area contributed by atoms with Crippen LogP contribution in [0.3, 0.4) is 0 Å². The number of carbonyl (C=O) groups excluding carboxylic acids is 1. The number of ether oxygens (including phenoxy) is 1. The summed E-state index contributed by atoms with van der Waals surface area (Å²) in [7, 11) is 0. The molecule has 1 aromatic carbocycles. The number of aliphatic imine (C=N–C) groups is 1. The van der Waals surface area contributed by atoms with Crippen molar-refractivity contribution in [2.45, 2.75) is 32.5 Å². The summed E-state index contributed by atoms with van der Waals surface area (Å²) < 4.78 is 18.8. The molecule has 0 bridgehead atoms. The Balaban J connectivity index is 0.00000392. The smallest absolute Gasteiger partial charge is 0.410 e. The average molecular weight is 529 g/mol. The van der Waals surface area contributed by atoms with Crippen LogP contribution in [0.25, 0.3) is 0 Å². The van der Waals surface area contributed by atoms with Gasteiger partial charge in [-0.3, -0.25) is 4.99 Å². The second-order valence-corrected chi connectivity index (χ2v) is 7.75. The second-order valence-electron chi connectivity index (χ2n) is 7.34. The van der Waals surface area contributed by atoms with Gasteiger partial charge >= 0.3 is 6.09 Å². The number of aliphatic hydroxyl groups is 1. The van der Waals surface area contributed by atoms with Crippen molar-refractivity contribution in [3.63, 3.8) is 0 Å². The number of piperazine rings is 1. The molecule has 1 atom stereocenters. The van der Waals surface area contributed by atoms with E-state index >= 15 is 0 Å². The number of benzene rings is 1. The van der Waals surface area contributed by atoms with Gasteiger partial charge in [0, 0.05) is 26.2 Å². The van der Waals surface area contributed by atoms with Crippen molar-refractivity contribution in [3.8, 4) is 0 Å². The lowest BCUT2D eigenvalue weighted by Crippen LogP contribution is -2.53. The fraction of sp³-hybridized carbons (Fsp3) is 0.556. The van der Waals surface area contributed by atoms with E-state index in [9.17, 15) is 14.3 Å². The van der Waals surface area contributed by atoms with Gasteiger partial charge in [-0.25, -0.2) is 9.18 Å². The maximum absolute atomic E-state index is 13.5. The molecule has 1 aliphatic heterocycles. The Labute approximate surface area is 186 Å². The van der Waals surface area contributed by atoms with Crippen molar-refractivity contribution in [2.75, 3.05) is 32.7 Å². The van der Waals surface area contributed by atoms with Crippen LogP contribution in [-0.2, 0) is 4.74 Å². The van der Waals surface area contributed by atoms with E-state index in [4.69, 9.17) is 22.1 Å². The highest BCUT2D eigenvalue weighted by atomic mass is 127. The van der Waals surface area contributed by atoms with Gasteiger partial charge in [-0.2, -0.15) is 0 Å². The molecule has 0 saturated carbocycles. The monoisotopic (exact) mass is 528 g/mol. The Bertz CT molecular complexity index is 707. The van der Waals surface area contributed by atoms with E-state index in [2.05, 4.69) is 4.99 Å². The molecular formula is C18H27ClFIN4O3. The van der Waals surface area contributed by atoms with Crippen molar-refractivity contribution in [3.05, 3.63) is 34.6 Å². The summed E-state index contributed by atoms with van der Waals surface area (Å²) in [6.45, 7) is 7.43. The lowest BCUT2D eigenvalue weighted by molar-refractivity contribution is 0.0186. The van der Waals surface area contributed by atoms with Crippen LogP contribution in [-0.4, -0.2) is 65.3 Å². The molecule has 0 spiro atoms. The summed E-state index contributed by atoms with van der Waals surface area (Å²) in [5, 5.41) is 10.1. The van der Waals surface area contributed by atoms with Gasteiger partial charge in [-0.05, 0) is 38.5 Å². The van der Waals surface area contributed by atoms with Crippen LogP contribution in [0, 0.1) is 5.82 Å². The maximum Gasteiger partial charge on any atom is 0.410 e. The minimum atomic E-state index is -0.988. The van der Waals surface area contributed by atoms with E-state index in [-0.39, 0.29) is 47.6 Å². The van der Waals surface area contributed by atoms with E-state index in [0.717, 1.165) is 0 Å². The van der Waals surface area contributed by atoms with Gasteiger partial charge in [-0.15, -0.1) is 24.0 Å². The summed E-state index contributed by atoms with van der Waals surface area (Å²) in [5.74, 6) is -0.323. The Kier molecular flexibility index (Phi) is 9.22. The predicted octanol–water partition coefficient (Wildman–Crippen LogP) is 3.00. The fourth-order valence-electron chi connectivity index (χ4n) is 2.55. The normalized spacial score (nSPS) is 16.4. The molecule has 1 fully saturated rings. The maximum atomic E-state index is 13.5. The first-order valence-electron chi connectivity index (χ1n) is 8.72. The molecule has 0 aliphatic carbocycles. The molecule has 1 aromatic rings. The van der Waals surface area contributed by atoms with Gasteiger partial charge in [0.25, 0.3) is 0 Å². The summed E-state index contributed by atoms with van der Waals surface area (Å²) in [6.07, 6.45) is -1.34. The zero-order valence-corrected chi connectivity index (χ0v) is 19.3. The predicted molar refractivity (Wildman–Crippen MR) is 118 cm³/mol. The molecule has 0 radical (unpaired) electrons. The molecule has 28 heavy (non-hydrogen) atoms. The van der Waals surface area contributed by atoms with Crippen LogP contribution < -0.4 is 5.73 Å². The number of carbonyl (C=O) groups is 1. The Hall–Kier alpha value is -1.33. The third kappa shape index (κ3) is 7.25. The number of hydrogen-bond acceptors (Lipinski definition) is 4. The Morgan fingerprint density at radius 2 is 1.89 bits per heavy atom. The minimum absolute atomic E-state index is 0. The Morgan fingerprint density at radius 1 is 1.32 bits per heavy atom. The number of hydrogen-bond donors (Lipinski definition) is 2. The molecule has 3 N–H and O–H groups in total. The van der Waals surface area contributed by atoms with Crippen molar-refractivity contribution in [1.82, 2.24) is 9.80 Å². The first-order valence-corrected chi connectivity index (χ1v) is 9.10. The molecule has 158 valence electrons. The van der Waals surface area contributed by atoms with E-state index in [1.807, 2.05) is 25.7 Å². The van der Waals surface area contributed by atoms with E-state index in [0.29, 0.717) is 31.7 Å². The van der Waals surface area contributed by atoms with Gasteiger partial charge in [0.1, 0.15) is 11.4 Å². The number of nitrogens with two attached hydrogens (primary N) is 1. The van der Waals surface area contributed by atoms with Crippen LogP contribution in [0.5, 0.6) is 0 Å².